The number of carboxylic acid groups (broad SMARTS) is 1. The molecule has 10 heavy (non-hydrogen) atoms. The van der Waals surface area contributed by atoms with Crippen LogP contribution in [0.3, 0.4) is 0 Å². The van der Waals surface area contributed by atoms with Gasteiger partial charge < -0.3 is 9.84 Å². The Morgan fingerprint density at radius 3 is 2.10 bits per heavy atom. The Kier molecular flexibility index (Phi) is 3.12. The molecule has 3 nitrogen and oxygen atoms in total. The van der Waals surface area contributed by atoms with E-state index in [1.54, 1.807) is 20.8 Å². The van der Waals surface area contributed by atoms with Crippen LogP contribution in [0.15, 0.2) is 0 Å². The first kappa shape index (κ1) is 9.72. The van der Waals surface area contributed by atoms with Gasteiger partial charge in [-0.15, -0.1) is 0 Å². The van der Waals surface area contributed by atoms with Crippen molar-refractivity contribution >= 4 is 17.6 Å². The molecule has 0 saturated heterocycles. The molecule has 0 saturated carbocycles. The third kappa shape index (κ3) is 4.58. The molecule has 1 atom stereocenters. The Balaban J connectivity index is 3.80. The first-order valence-electron chi connectivity index (χ1n) is 2.87. The van der Waals surface area contributed by atoms with E-state index in [0.29, 0.717) is 0 Å². The van der Waals surface area contributed by atoms with Gasteiger partial charge in [-0.05, 0) is 20.8 Å². The minimum Gasteiger partial charge on any atom is -0.478 e. The number of hydrogen-bond donors (Lipinski definition) is 1. The third-order valence-corrected chi connectivity index (χ3v) is 0.927. The molecule has 0 radical (unpaired) electrons. The predicted molar refractivity (Wildman–Crippen MR) is 38.1 cm³/mol. The van der Waals surface area contributed by atoms with Crippen molar-refractivity contribution in [3.63, 3.8) is 0 Å². The van der Waals surface area contributed by atoms with Crippen LogP contribution in [-0.2, 0) is 9.53 Å². The van der Waals surface area contributed by atoms with Crippen molar-refractivity contribution in [2.45, 2.75) is 31.9 Å². The Labute approximate surface area is 64.9 Å². The number of alkyl halides is 1. The number of hydrogen-bond acceptors (Lipinski definition) is 2. The zero-order valence-corrected chi connectivity index (χ0v) is 6.97. The molecule has 0 heterocycles. The summed E-state index contributed by atoms with van der Waals surface area (Å²) in [4.78, 5) is 10.1. The van der Waals surface area contributed by atoms with Gasteiger partial charge in [0.25, 0.3) is 0 Å². The topological polar surface area (TPSA) is 46.5 Å². The summed E-state index contributed by atoms with van der Waals surface area (Å²) in [6, 6.07) is 0. The number of carbonyl (C=O) groups is 1. The van der Waals surface area contributed by atoms with Crippen molar-refractivity contribution < 1.29 is 14.6 Å². The maximum atomic E-state index is 10.1. The Morgan fingerprint density at radius 1 is 1.60 bits per heavy atom. The van der Waals surface area contributed by atoms with E-state index in [9.17, 15) is 4.79 Å². The highest BCUT2D eigenvalue weighted by Crippen LogP contribution is 2.12. The molecule has 0 rings (SSSR count). The van der Waals surface area contributed by atoms with E-state index in [-0.39, 0.29) is 0 Å². The fourth-order valence-corrected chi connectivity index (χ4v) is 0.628. The number of aliphatic carboxylic acids is 1. The van der Waals surface area contributed by atoms with Crippen molar-refractivity contribution in [2.24, 2.45) is 0 Å². The van der Waals surface area contributed by atoms with Gasteiger partial charge in [-0.3, -0.25) is 0 Å². The van der Waals surface area contributed by atoms with Crippen molar-refractivity contribution in [3.8, 4) is 0 Å². The molecule has 0 aromatic rings. The van der Waals surface area contributed by atoms with Gasteiger partial charge in [-0.2, -0.15) is 0 Å². The second-order valence-electron chi connectivity index (χ2n) is 2.88. The van der Waals surface area contributed by atoms with Crippen molar-refractivity contribution in [1.29, 1.82) is 0 Å². The molecule has 0 spiro atoms. The molecule has 1 N–H and O–H groups in total. The summed E-state index contributed by atoms with van der Waals surface area (Å²) in [6.45, 7) is 5.22. The van der Waals surface area contributed by atoms with Crippen LogP contribution in [0.2, 0.25) is 0 Å². The molecule has 60 valence electrons. The van der Waals surface area contributed by atoms with Gasteiger partial charge in [0.1, 0.15) is 0 Å². The largest absolute Gasteiger partial charge is 0.478 e. The van der Waals surface area contributed by atoms with Gasteiger partial charge in [-0.1, -0.05) is 11.6 Å². The van der Waals surface area contributed by atoms with Crippen LogP contribution in [0.1, 0.15) is 20.8 Å². The SMILES string of the molecule is CC(C)(C)OC(Cl)C(=O)O. The summed E-state index contributed by atoms with van der Waals surface area (Å²) in [5.74, 6) is -1.16. The minimum absolute atomic E-state index is 0.509. The quantitative estimate of drug-likeness (QED) is 0.632. The third-order valence-electron chi connectivity index (χ3n) is 0.651. The van der Waals surface area contributed by atoms with Crippen molar-refractivity contribution in [2.75, 3.05) is 0 Å². The van der Waals surface area contributed by atoms with E-state index in [2.05, 4.69) is 0 Å². The summed E-state index contributed by atoms with van der Waals surface area (Å²) in [5, 5.41) is 8.29. The highest BCUT2D eigenvalue weighted by Gasteiger charge is 2.21. The smallest absolute Gasteiger partial charge is 0.348 e. The standard InChI is InChI=1S/C6H11ClO3/c1-6(2,3)10-4(7)5(8)9/h4H,1-3H3,(H,8,9). The second-order valence-corrected chi connectivity index (χ2v) is 3.28. The molecule has 0 fully saturated rings. The average Bonchev–Trinajstić information content (AvgIpc) is 1.60. The summed E-state index contributed by atoms with van der Waals surface area (Å²) in [7, 11) is 0. The fourth-order valence-electron chi connectivity index (χ4n) is 0.361. The van der Waals surface area contributed by atoms with E-state index in [1.807, 2.05) is 0 Å². The van der Waals surface area contributed by atoms with E-state index < -0.39 is 17.1 Å². The highest BCUT2D eigenvalue weighted by molar-refractivity contribution is 6.28. The van der Waals surface area contributed by atoms with Crippen LogP contribution in [-0.4, -0.2) is 22.2 Å². The van der Waals surface area contributed by atoms with Crippen molar-refractivity contribution in [1.82, 2.24) is 0 Å². The first-order valence-corrected chi connectivity index (χ1v) is 3.31. The number of ether oxygens (including phenoxy) is 1. The zero-order chi connectivity index (χ0) is 8.36. The number of rotatable bonds is 2. The monoisotopic (exact) mass is 166 g/mol. The average molecular weight is 167 g/mol. The molecular formula is C6H11ClO3. The lowest BCUT2D eigenvalue weighted by Gasteiger charge is -2.20. The van der Waals surface area contributed by atoms with Gasteiger partial charge in [0.15, 0.2) is 0 Å². The first-order chi connectivity index (χ1) is 4.33. The summed E-state index contributed by atoms with van der Waals surface area (Å²) in [6.07, 6.45) is 0. The van der Waals surface area contributed by atoms with Crippen LogP contribution in [0.5, 0.6) is 0 Å². The Morgan fingerprint density at radius 2 is 2.00 bits per heavy atom. The van der Waals surface area contributed by atoms with E-state index in [4.69, 9.17) is 21.4 Å². The fraction of sp³-hybridized carbons (Fsp3) is 0.833. The molecule has 0 aromatic carbocycles. The molecule has 4 heteroatoms. The molecule has 0 aromatic heterocycles. The van der Waals surface area contributed by atoms with Gasteiger partial charge in [0, 0.05) is 0 Å². The molecule has 0 aliphatic carbocycles. The van der Waals surface area contributed by atoms with Crippen LogP contribution in [0.25, 0.3) is 0 Å². The molecule has 1 unspecified atom stereocenters. The minimum atomic E-state index is -1.25. The molecule has 0 aliphatic heterocycles. The van der Waals surface area contributed by atoms with Crippen molar-refractivity contribution in [3.05, 3.63) is 0 Å². The van der Waals surface area contributed by atoms with Crippen LogP contribution >= 0.6 is 11.6 Å². The lowest BCUT2D eigenvalue weighted by molar-refractivity contribution is -0.151. The molecule has 0 amide bonds. The Hall–Kier alpha value is -0.280. The van der Waals surface area contributed by atoms with Gasteiger partial charge in [0.2, 0.25) is 5.56 Å². The lowest BCUT2D eigenvalue weighted by atomic mass is 10.2. The van der Waals surface area contributed by atoms with E-state index in [0.717, 1.165) is 0 Å². The summed E-state index contributed by atoms with van der Waals surface area (Å²) in [5.41, 5.74) is -1.76. The Bertz CT molecular complexity index is 127. The van der Waals surface area contributed by atoms with Gasteiger partial charge >= 0.3 is 5.97 Å². The maximum Gasteiger partial charge on any atom is 0.348 e. The zero-order valence-electron chi connectivity index (χ0n) is 6.22. The number of halogens is 1. The number of carboxylic acids is 1. The maximum absolute atomic E-state index is 10.1. The summed E-state index contributed by atoms with van der Waals surface area (Å²) >= 11 is 5.28. The van der Waals surface area contributed by atoms with Crippen LogP contribution in [0.4, 0.5) is 0 Å². The highest BCUT2D eigenvalue weighted by atomic mass is 35.5. The lowest BCUT2D eigenvalue weighted by Crippen LogP contribution is -2.29. The molecule has 0 bridgehead atoms. The van der Waals surface area contributed by atoms with Crippen LogP contribution < -0.4 is 0 Å². The predicted octanol–water partition coefficient (Wildman–Crippen LogP) is 1.45. The second kappa shape index (κ2) is 3.21. The normalized spacial score (nSPS) is 14.8. The van der Waals surface area contributed by atoms with Gasteiger partial charge in [-0.25, -0.2) is 4.79 Å². The molecule has 0 aliphatic rings. The van der Waals surface area contributed by atoms with Gasteiger partial charge in [0.05, 0.1) is 5.60 Å². The van der Waals surface area contributed by atoms with E-state index >= 15 is 0 Å². The molecular weight excluding hydrogens is 156 g/mol. The van der Waals surface area contributed by atoms with Crippen LogP contribution in [0, 0.1) is 0 Å². The summed E-state index contributed by atoms with van der Waals surface area (Å²) < 4.78 is 4.86. The van der Waals surface area contributed by atoms with E-state index in [1.165, 1.54) is 0 Å².